The molecular weight excluding hydrogens is 376 g/mol. The predicted octanol–water partition coefficient (Wildman–Crippen LogP) is 2.90. The summed E-state index contributed by atoms with van der Waals surface area (Å²) in [5.41, 5.74) is -0.859. The molecule has 0 heterocycles. The zero-order chi connectivity index (χ0) is 16.1. The molecule has 1 aliphatic rings. The minimum absolute atomic E-state index is 0. The molecule has 0 aromatic heterocycles. The summed E-state index contributed by atoms with van der Waals surface area (Å²) in [4.78, 5) is 24.0. The second kappa shape index (κ2) is 14.2. The van der Waals surface area contributed by atoms with E-state index in [0.717, 1.165) is 6.08 Å². The summed E-state index contributed by atoms with van der Waals surface area (Å²) in [7, 11) is 0. The number of allylic oxidation sites excluding steroid dienone is 4. The van der Waals surface area contributed by atoms with E-state index in [1.807, 2.05) is 20.4 Å². The molecule has 0 N–H and O–H groups in total. The van der Waals surface area contributed by atoms with Gasteiger partial charge >= 0.3 is 12.1 Å². The maximum Gasteiger partial charge on any atom is 0.457 e. The van der Waals surface area contributed by atoms with E-state index in [1.54, 1.807) is 6.08 Å². The molecule has 20 heavy (non-hydrogen) atoms. The zero-order valence-electron chi connectivity index (χ0n) is 10.2. The molecule has 0 atom stereocenters. The van der Waals surface area contributed by atoms with Gasteiger partial charge in [0.05, 0.1) is 0 Å². The van der Waals surface area contributed by atoms with Crippen molar-refractivity contribution in [3.63, 3.8) is 0 Å². The third-order valence-corrected chi connectivity index (χ3v) is 1.77. The maximum absolute atomic E-state index is 12.6. The Hall–Kier alpha value is -1.24. The summed E-state index contributed by atoms with van der Waals surface area (Å²) in [6.45, 7) is 6.00. The van der Waals surface area contributed by atoms with Crippen molar-refractivity contribution in [2.45, 2.75) is 24.9 Å². The van der Waals surface area contributed by atoms with Crippen molar-refractivity contribution in [1.82, 2.24) is 0 Å². The fourth-order valence-corrected chi connectivity index (χ4v) is 1.05. The Bertz CT molecular complexity index is 298. The maximum atomic E-state index is 12.6. The molecule has 0 saturated heterocycles. The monoisotopic (exact) mass is 390 g/mol. The summed E-state index contributed by atoms with van der Waals surface area (Å²) >= 11 is 0. The van der Waals surface area contributed by atoms with Crippen LogP contribution in [0.3, 0.4) is 0 Å². The Kier molecular flexibility index (Phi) is 19.3. The van der Waals surface area contributed by atoms with Crippen LogP contribution in [0, 0.1) is 0 Å². The Morgan fingerprint density at radius 3 is 1.55 bits per heavy atom. The Labute approximate surface area is 125 Å². The molecule has 0 spiro atoms. The average molecular weight is 389 g/mol. The van der Waals surface area contributed by atoms with Crippen LogP contribution in [0.25, 0.3) is 0 Å². The number of carbonyl (C=O) groups excluding carboxylic acids is 3. The molecule has 0 amide bonds. The minimum Gasteiger partial charge on any atom is -0.307 e. The van der Waals surface area contributed by atoms with Crippen molar-refractivity contribution in [3.8, 4) is 0 Å². The Morgan fingerprint density at radius 1 is 0.900 bits per heavy atom. The zero-order valence-corrected chi connectivity index (χ0v) is 12.0. The molecule has 1 aliphatic carbocycles. The van der Waals surface area contributed by atoms with Crippen LogP contribution in [0.1, 0.15) is 12.8 Å². The topological polar surface area (TPSA) is 51.2 Å². The molecule has 0 aromatic rings. The number of hydrogen-bond donors (Lipinski definition) is 0. The van der Waals surface area contributed by atoms with Crippen LogP contribution in [-0.4, -0.2) is 32.5 Å². The van der Waals surface area contributed by atoms with E-state index in [9.17, 15) is 22.0 Å². The molecular formula is C11H13F5O3Ru. The van der Waals surface area contributed by atoms with Crippen LogP contribution in [-0.2, 0) is 33.9 Å². The third kappa shape index (κ3) is 8.79. The van der Waals surface area contributed by atoms with Crippen LogP contribution >= 0.6 is 0 Å². The molecule has 0 unspecified atom stereocenters. The molecule has 0 fully saturated rings. The fraction of sp³-hybridized carbons (Fsp3) is 0.364. The quantitative estimate of drug-likeness (QED) is 0.512. The standard InChI is InChI=1S/C8H7F5.3CH2O.Ru/c9-7(10,8(11,12)13)6-4-2-1-3-5-6;3*1-2;/h1-2,4H,3,5H2;3*1H2;. The van der Waals surface area contributed by atoms with Crippen LogP contribution in [0.2, 0.25) is 0 Å². The van der Waals surface area contributed by atoms with E-state index in [1.165, 1.54) is 6.08 Å². The molecule has 118 valence electrons. The van der Waals surface area contributed by atoms with Crippen molar-refractivity contribution in [3.05, 3.63) is 23.8 Å². The number of carbonyl (C=O) groups is 3. The van der Waals surface area contributed by atoms with Gasteiger partial charge in [-0.15, -0.1) is 0 Å². The van der Waals surface area contributed by atoms with Crippen LogP contribution in [0.5, 0.6) is 0 Å². The number of rotatable bonds is 1. The number of alkyl halides is 5. The van der Waals surface area contributed by atoms with Gasteiger partial charge in [-0.1, -0.05) is 18.2 Å². The first kappa shape index (κ1) is 27.2. The minimum atomic E-state index is -5.48. The van der Waals surface area contributed by atoms with E-state index in [-0.39, 0.29) is 32.3 Å². The molecule has 1 rings (SSSR count). The van der Waals surface area contributed by atoms with Gasteiger partial charge in [0.25, 0.3) is 0 Å². The van der Waals surface area contributed by atoms with Gasteiger partial charge in [-0.3, -0.25) is 0 Å². The molecule has 0 aliphatic heterocycles. The first-order chi connectivity index (χ1) is 8.86. The van der Waals surface area contributed by atoms with Crippen molar-refractivity contribution in [2.24, 2.45) is 0 Å². The van der Waals surface area contributed by atoms with Gasteiger partial charge in [0, 0.05) is 25.1 Å². The molecule has 0 saturated carbocycles. The first-order valence-electron chi connectivity index (χ1n) is 4.53. The Morgan fingerprint density at radius 2 is 1.30 bits per heavy atom. The van der Waals surface area contributed by atoms with Crippen LogP contribution < -0.4 is 0 Å². The van der Waals surface area contributed by atoms with Gasteiger partial charge in [-0.2, -0.15) is 22.0 Å². The predicted molar refractivity (Wildman–Crippen MR) is 58.8 cm³/mol. The fourth-order valence-electron chi connectivity index (χ4n) is 1.05. The van der Waals surface area contributed by atoms with Crippen LogP contribution in [0.4, 0.5) is 22.0 Å². The second-order valence-electron chi connectivity index (χ2n) is 2.73. The van der Waals surface area contributed by atoms with Gasteiger partial charge in [0.1, 0.15) is 20.4 Å². The molecule has 9 heteroatoms. The van der Waals surface area contributed by atoms with Gasteiger partial charge in [0.2, 0.25) is 0 Å². The van der Waals surface area contributed by atoms with Gasteiger partial charge in [0.15, 0.2) is 0 Å². The van der Waals surface area contributed by atoms with E-state index in [2.05, 4.69) is 0 Å². The summed E-state index contributed by atoms with van der Waals surface area (Å²) < 4.78 is 60.6. The van der Waals surface area contributed by atoms with Gasteiger partial charge in [-0.25, -0.2) is 0 Å². The Balaban J connectivity index is -0.000000162. The first-order valence-corrected chi connectivity index (χ1v) is 4.53. The molecule has 0 bridgehead atoms. The second-order valence-corrected chi connectivity index (χ2v) is 2.73. The van der Waals surface area contributed by atoms with Crippen LogP contribution in [0.15, 0.2) is 23.8 Å². The van der Waals surface area contributed by atoms with E-state index < -0.39 is 17.7 Å². The molecule has 3 nitrogen and oxygen atoms in total. The normalized spacial score (nSPS) is 12.8. The van der Waals surface area contributed by atoms with Gasteiger partial charge < -0.3 is 14.4 Å². The van der Waals surface area contributed by atoms with Crippen molar-refractivity contribution in [2.75, 3.05) is 0 Å². The van der Waals surface area contributed by atoms with E-state index in [4.69, 9.17) is 14.4 Å². The summed E-state index contributed by atoms with van der Waals surface area (Å²) in [6, 6.07) is 0. The average Bonchev–Trinajstić information content (AvgIpc) is 2.45. The molecule has 0 radical (unpaired) electrons. The summed E-state index contributed by atoms with van der Waals surface area (Å²) in [5, 5.41) is 0. The van der Waals surface area contributed by atoms with E-state index in [0.29, 0.717) is 0 Å². The summed E-state index contributed by atoms with van der Waals surface area (Å²) in [6.07, 6.45) is -1.88. The SMILES string of the molecule is C=O.C=O.C=O.FC(F)(F)C(F)(F)C1=CC=CCC1.[Ru]. The number of hydrogen-bond acceptors (Lipinski definition) is 3. The largest absolute Gasteiger partial charge is 0.457 e. The van der Waals surface area contributed by atoms with E-state index >= 15 is 0 Å². The smallest absolute Gasteiger partial charge is 0.307 e. The van der Waals surface area contributed by atoms with Crippen molar-refractivity contribution < 1.29 is 55.8 Å². The number of halogens is 5. The molecule has 0 aromatic carbocycles. The summed E-state index contributed by atoms with van der Waals surface area (Å²) in [5.74, 6) is -4.68. The third-order valence-electron chi connectivity index (χ3n) is 1.77. The van der Waals surface area contributed by atoms with Crippen molar-refractivity contribution in [1.29, 1.82) is 0 Å². The van der Waals surface area contributed by atoms with Gasteiger partial charge in [-0.05, 0) is 12.8 Å². The van der Waals surface area contributed by atoms with Crippen molar-refractivity contribution >= 4 is 20.4 Å².